The lowest BCUT2D eigenvalue weighted by molar-refractivity contribution is 0.309. The van der Waals surface area contributed by atoms with E-state index in [1.54, 1.807) is 0 Å². The van der Waals surface area contributed by atoms with Crippen molar-refractivity contribution >= 4 is 15.7 Å². The Morgan fingerprint density at radius 1 is 1.25 bits per heavy atom. The van der Waals surface area contributed by atoms with Crippen molar-refractivity contribution in [3.05, 3.63) is 23.8 Å². The van der Waals surface area contributed by atoms with E-state index < -0.39 is 26.6 Å². The number of nitrogens with two attached hydrogens (primary N) is 1. The summed E-state index contributed by atoms with van der Waals surface area (Å²) >= 11 is 0. The largest absolute Gasteiger partial charge is 0.399 e. The Morgan fingerprint density at radius 3 is 2.40 bits per heavy atom. The molecule has 114 valence electrons. The van der Waals surface area contributed by atoms with Crippen LogP contribution in [0.5, 0.6) is 0 Å². The van der Waals surface area contributed by atoms with Crippen molar-refractivity contribution < 1.29 is 17.2 Å². The van der Waals surface area contributed by atoms with E-state index in [1.165, 1.54) is 0 Å². The molecule has 0 fully saturated rings. The summed E-state index contributed by atoms with van der Waals surface area (Å²) in [5.74, 6) is -2.70. The van der Waals surface area contributed by atoms with Gasteiger partial charge in [-0.05, 0) is 25.2 Å². The van der Waals surface area contributed by atoms with Gasteiger partial charge in [-0.15, -0.1) is 0 Å². The van der Waals surface area contributed by atoms with Crippen LogP contribution in [0.2, 0.25) is 0 Å². The molecule has 0 aliphatic heterocycles. The smallest absolute Gasteiger partial charge is 0.243 e. The first-order valence-electron chi connectivity index (χ1n) is 6.28. The molecule has 0 aliphatic carbocycles. The van der Waals surface area contributed by atoms with Gasteiger partial charge in [0.25, 0.3) is 0 Å². The van der Waals surface area contributed by atoms with Crippen LogP contribution in [0.1, 0.15) is 13.8 Å². The lowest BCUT2D eigenvalue weighted by Gasteiger charge is -2.18. The number of benzene rings is 1. The number of likely N-dealkylation sites (N-methyl/N-ethyl adjacent to an activating group) is 1. The standard InChI is InChI=1S/C12H19F2N3O2S/c1-3-17(4-2)6-5-16-20(18,19)11-8-9(15)7-10(13)12(11)14/h7-8,16H,3-6,15H2,1-2H3. The molecule has 0 unspecified atom stereocenters. The van der Waals surface area contributed by atoms with Crippen molar-refractivity contribution in [1.82, 2.24) is 9.62 Å². The molecule has 0 aromatic heterocycles. The molecule has 3 N–H and O–H groups in total. The van der Waals surface area contributed by atoms with Crippen LogP contribution in [0.3, 0.4) is 0 Å². The molecule has 8 heteroatoms. The topological polar surface area (TPSA) is 75.4 Å². The summed E-state index contributed by atoms with van der Waals surface area (Å²) < 4.78 is 52.8. The molecule has 1 aromatic carbocycles. The Morgan fingerprint density at radius 2 is 1.85 bits per heavy atom. The number of hydrogen-bond acceptors (Lipinski definition) is 4. The molecule has 0 spiro atoms. The fourth-order valence-electron chi connectivity index (χ4n) is 1.74. The summed E-state index contributed by atoms with van der Waals surface area (Å²) in [7, 11) is -4.12. The van der Waals surface area contributed by atoms with Gasteiger partial charge in [-0.1, -0.05) is 13.8 Å². The highest BCUT2D eigenvalue weighted by Gasteiger charge is 2.22. The molecule has 0 saturated carbocycles. The molecule has 0 bridgehead atoms. The van der Waals surface area contributed by atoms with Crippen LogP contribution in [0, 0.1) is 11.6 Å². The molecule has 5 nitrogen and oxygen atoms in total. The van der Waals surface area contributed by atoms with E-state index in [9.17, 15) is 17.2 Å². The average Bonchev–Trinajstić information content (AvgIpc) is 2.38. The number of nitrogens with one attached hydrogen (secondary N) is 1. The monoisotopic (exact) mass is 307 g/mol. The lowest BCUT2D eigenvalue weighted by Crippen LogP contribution is -2.35. The number of halogens is 2. The normalized spacial score (nSPS) is 12.1. The molecule has 0 amide bonds. The molecule has 0 saturated heterocycles. The van der Waals surface area contributed by atoms with Crippen LogP contribution in [-0.4, -0.2) is 39.5 Å². The fourth-order valence-corrected chi connectivity index (χ4v) is 2.88. The van der Waals surface area contributed by atoms with Crippen LogP contribution < -0.4 is 10.5 Å². The summed E-state index contributed by atoms with van der Waals surface area (Å²) in [6, 6.07) is 1.64. The second-order valence-corrected chi connectivity index (χ2v) is 5.97. The predicted octanol–water partition coefficient (Wildman–Crippen LogP) is 1.17. The Hall–Kier alpha value is -1.25. The van der Waals surface area contributed by atoms with E-state index in [-0.39, 0.29) is 12.2 Å². The second kappa shape index (κ2) is 6.96. The second-order valence-electron chi connectivity index (χ2n) is 4.24. The first kappa shape index (κ1) is 16.8. The van der Waals surface area contributed by atoms with Crippen LogP contribution in [-0.2, 0) is 10.0 Å². The van der Waals surface area contributed by atoms with Gasteiger partial charge in [0.05, 0.1) is 0 Å². The first-order valence-corrected chi connectivity index (χ1v) is 7.76. The minimum absolute atomic E-state index is 0.111. The first-order chi connectivity index (χ1) is 9.31. The summed E-state index contributed by atoms with van der Waals surface area (Å²) in [4.78, 5) is 1.23. The summed E-state index contributed by atoms with van der Waals surface area (Å²) in [5.41, 5.74) is 5.19. The zero-order valence-electron chi connectivity index (χ0n) is 11.5. The number of hydrogen-bond donors (Lipinski definition) is 2. The Labute approximate surface area is 117 Å². The summed E-state index contributed by atoms with van der Waals surface area (Å²) in [5, 5.41) is 0. The van der Waals surface area contributed by atoms with Crippen LogP contribution in [0.15, 0.2) is 17.0 Å². The number of nitrogen functional groups attached to an aromatic ring is 1. The Balaban J connectivity index is 2.85. The van der Waals surface area contributed by atoms with Gasteiger partial charge in [0, 0.05) is 18.8 Å². The highest BCUT2D eigenvalue weighted by Crippen LogP contribution is 2.20. The van der Waals surface area contributed by atoms with E-state index >= 15 is 0 Å². The zero-order valence-corrected chi connectivity index (χ0v) is 12.3. The van der Waals surface area contributed by atoms with Crippen LogP contribution >= 0.6 is 0 Å². The molecule has 0 aliphatic rings. The summed E-state index contributed by atoms with van der Waals surface area (Å²) in [6.45, 7) is 6.05. The number of anilines is 1. The van der Waals surface area contributed by atoms with Crippen molar-refractivity contribution in [2.24, 2.45) is 0 Å². The van der Waals surface area contributed by atoms with Crippen LogP contribution in [0.25, 0.3) is 0 Å². The zero-order chi connectivity index (χ0) is 15.3. The van der Waals surface area contributed by atoms with E-state index in [1.807, 2.05) is 18.7 Å². The van der Waals surface area contributed by atoms with Gasteiger partial charge in [-0.25, -0.2) is 21.9 Å². The number of rotatable bonds is 7. The fraction of sp³-hybridized carbons (Fsp3) is 0.500. The third kappa shape index (κ3) is 4.12. The van der Waals surface area contributed by atoms with E-state index in [2.05, 4.69) is 4.72 Å². The van der Waals surface area contributed by atoms with Crippen molar-refractivity contribution in [2.45, 2.75) is 18.7 Å². The number of sulfonamides is 1. The maximum absolute atomic E-state index is 13.5. The molecule has 0 heterocycles. The van der Waals surface area contributed by atoms with Crippen molar-refractivity contribution in [3.8, 4) is 0 Å². The summed E-state index contributed by atoms with van der Waals surface area (Å²) in [6.07, 6.45) is 0. The lowest BCUT2D eigenvalue weighted by atomic mass is 10.3. The molecule has 1 aromatic rings. The average molecular weight is 307 g/mol. The minimum atomic E-state index is -4.12. The van der Waals surface area contributed by atoms with Gasteiger partial charge >= 0.3 is 0 Å². The quantitative estimate of drug-likeness (QED) is 0.742. The Kier molecular flexibility index (Phi) is 5.85. The highest BCUT2D eigenvalue weighted by atomic mass is 32.2. The Bertz CT molecular complexity index is 560. The van der Waals surface area contributed by atoms with Gasteiger partial charge in [-0.2, -0.15) is 0 Å². The molecule has 20 heavy (non-hydrogen) atoms. The predicted molar refractivity (Wildman–Crippen MR) is 73.7 cm³/mol. The minimum Gasteiger partial charge on any atom is -0.399 e. The van der Waals surface area contributed by atoms with E-state index in [4.69, 9.17) is 5.73 Å². The maximum atomic E-state index is 13.5. The maximum Gasteiger partial charge on any atom is 0.243 e. The molecular weight excluding hydrogens is 288 g/mol. The van der Waals surface area contributed by atoms with Gasteiger partial charge in [0.15, 0.2) is 11.6 Å². The van der Waals surface area contributed by atoms with Gasteiger partial charge in [0.2, 0.25) is 10.0 Å². The van der Waals surface area contributed by atoms with E-state index in [0.29, 0.717) is 6.54 Å². The van der Waals surface area contributed by atoms with E-state index in [0.717, 1.165) is 25.2 Å². The third-order valence-electron chi connectivity index (χ3n) is 2.92. The third-order valence-corrected chi connectivity index (χ3v) is 4.38. The van der Waals surface area contributed by atoms with Gasteiger partial charge in [0.1, 0.15) is 4.90 Å². The molecule has 0 atom stereocenters. The SMILES string of the molecule is CCN(CC)CCNS(=O)(=O)c1cc(N)cc(F)c1F. The number of nitrogens with zero attached hydrogens (tertiary/aromatic N) is 1. The van der Waals surface area contributed by atoms with Gasteiger partial charge in [-0.3, -0.25) is 0 Å². The van der Waals surface area contributed by atoms with Gasteiger partial charge < -0.3 is 10.6 Å². The molecule has 0 radical (unpaired) electrons. The molecular formula is C12H19F2N3O2S. The highest BCUT2D eigenvalue weighted by molar-refractivity contribution is 7.89. The molecule has 1 rings (SSSR count). The van der Waals surface area contributed by atoms with Crippen molar-refractivity contribution in [3.63, 3.8) is 0 Å². The van der Waals surface area contributed by atoms with Crippen molar-refractivity contribution in [2.75, 3.05) is 31.9 Å². The van der Waals surface area contributed by atoms with Crippen LogP contribution in [0.4, 0.5) is 14.5 Å². The van der Waals surface area contributed by atoms with Crippen molar-refractivity contribution in [1.29, 1.82) is 0 Å².